The molecule has 4 nitrogen and oxygen atoms in total. The van der Waals surface area contributed by atoms with Gasteiger partial charge in [-0.1, -0.05) is 78.9 Å². The Kier molecular flexibility index (Phi) is 4.30. The number of hydrogen-bond donors (Lipinski definition) is 2. The van der Waals surface area contributed by atoms with Crippen LogP contribution in [0.1, 0.15) is 0 Å². The zero-order valence-corrected chi connectivity index (χ0v) is 13.1. The van der Waals surface area contributed by atoms with E-state index in [1.807, 2.05) is 66.7 Å². The molecule has 0 aromatic heterocycles. The van der Waals surface area contributed by atoms with Gasteiger partial charge in [-0.05, 0) is 11.1 Å². The van der Waals surface area contributed by atoms with Crippen molar-refractivity contribution in [3.63, 3.8) is 0 Å². The maximum atomic E-state index is 11.4. The quantitative estimate of drug-likeness (QED) is 0.693. The van der Waals surface area contributed by atoms with Gasteiger partial charge in [0, 0.05) is 11.1 Å². The fraction of sp³-hybridized carbons (Fsp3) is 0. The summed E-state index contributed by atoms with van der Waals surface area (Å²) in [5, 5.41) is 0. The Hall–Kier alpha value is -2.39. The van der Waals surface area contributed by atoms with Crippen molar-refractivity contribution in [2.45, 2.75) is 0 Å². The standard InChI is InChI=1S/C18H15O4P/c19-23(20,21)22-18-16(14-8-3-1-4-9-14)12-7-13-17(18)15-10-5-2-6-11-15/h1-13H,(H2,19,20,21). The van der Waals surface area contributed by atoms with E-state index in [-0.39, 0.29) is 5.75 Å². The smallest absolute Gasteiger partial charge is 0.403 e. The first kappa shape index (κ1) is 15.5. The highest BCUT2D eigenvalue weighted by atomic mass is 31.2. The normalized spacial score (nSPS) is 11.2. The van der Waals surface area contributed by atoms with E-state index in [0.29, 0.717) is 11.1 Å². The maximum absolute atomic E-state index is 11.4. The fourth-order valence-corrected chi connectivity index (χ4v) is 2.88. The number of hydrogen-bond acceptors (Lipinski definition) is 2. The van der Waals surface area contributed by atoms with E-state index in [1.165, 1.54) is 0 Å². The predicted octanol–water partition coefficient (Wildman–Crippen LogP) is 4.49. The number of phosphoric acid groups is 1. The Morgan fingerprint density at radius 3 is 1.48 bits per heavy atom. The molecule has 0 saturated heterocycles. The van der Waals surface area contributed by atoms with Gasteiger partial charge in [0.05, 0.1) is 0 Å². The van der Waals surface area contributed by atoms with Gasteiger partial charge in [0.1, 0.15) is 5.75 Å². The number of rotatable bonds is 4. The summed E-state index contributed by atoms with van der Waals surface area (Å²) >= 11 is 0. The summed E-state index contributed by atoms with van der Waals surface area (Å²) in [5.74, 6) is 0.179. The van der Waals surface area contributed by atoms with Crippen LogP contribution in [0.3, 0.4) is 0 Å². The van der Waals surface area contributed by atoms with Crippen LogP contribution in [0.25, 0.3) is 22.3 Å². The summed E-state index contributed by atoms with van der Waals surface area (Å²) in [5.41, 5.74) is 2.92. The highest BCUT2D eigenvalue weighted by molar-refractivity contribution is 7.46. The first-order valence-electron chi connectivity index (χ1n) is 7.03. The molecule has 0 atom stereocenters. The van der Waals surface area contributed by atoms with Crippen LogP contribution in [-0.4, -0.2) is 9.79 Å². The van der Waals surface area contributed by atoms with Gasteiger partial charge in [0.2, 0.25) is 0 Å². The van der Waals surface area contributed by atoms with Crippen molar-refractivity contribution in [3.05, 3.63) is 78.9 Å². The van der Waals surface area contributed by atoms with Gasteiger partial charge in [0.25, 0.3) is 0 Å². The molecule has 0 bridgehead atoms. The van der Waals surface area contributed by atoms with Crippen molar-refractivity contribution in [1.29, 1.82) is 0 Å². The van der Waals surface area contributed by atoms with Crippen LogP contribution in [0.2, 0.25) is 0 Å². The van der Waals surface area contributed by atoms with Gasteiger partial charge in [-0.3, -0.25) is 9.79 Å². The second kappa shape index (κ2) is 6.39. The zero-order chi connectivity index (χ0) is 16.3. The molecule has 0 unspecified atom stereocenters. The molecule has 0 saturated carbocycles. The van der Waals surface area contributed by atoms with E-state index in [2.05, 4.69) is 0 Å². The molecule has 3 aromatic carbocycles. The van der Waals surface area contributed by atoms with Gasteiger partial charge < -0.3 is 4.52 Å². The summed E-state index contributed by atoms with van der Waals surface area (Å²) in [6.45, 7) is 0. The predicted molar refractivity (Wildman–Crippen MR) is 90.0 cm³/mol. The van der Waals surface area contributed by atoms with E-state index in [0.717, 1.165) is 11.1 Å². The van der Waals surface area contributed by atoms with Crippen LogP contribution in [-0.2, 0) is 4.57 Å². The minimum absolute atomic E-state index is 0.179. The molecule has 0 radical (unpaired) electrons. The van der Waals surface area contributed by atoms with Crippen molar-refractivity contribution >= 4 is 7.82 Å². The average molecular weight is 326 g/mol. The van der Waals surface area contributed by atoms with Gasteiger partial charge in [-0.25, -0.2) is 4.57 Å². The zero-order valence-electron chi connectivity index (χ0n) is 12.2. The van der Waals surface area contributed by atoms with E-state index < -0.39 is 7.82 Å². The van der Waals surface area contributed by atoms with Crippen molar-refractivity contribution in [2.75, 3.05) is 0 Å². The molecule has 2 N–H and O–H groups in total. The first-order chi connectivity index (χ1) is 11.0. The van der Waals surface area contributed by atoms with Crippen molar-refractivity contribution in [1.82, 2.24) is 0 Å². The maximum Gasteiger partial charge on any atom is 0.524 e. The van der Waals surface area contributed by atoms with Crippen LogP contribution < -0.4 is 4.52 Å². The lowest BCUT2D eigenvalue weighted by atomic mass is 9.97. The lowest BCUT2D eigenvalue weighted by molar-refractivity contribution is 0.284. The molecule has 116 valence electrons. The molecule has 0 fully saturated rings. The minimum Gasteiger partial charge on any atom is -0.403 e. The topological polar surface area (TPSA) is 66.8 Å². The van der Waals surface area contributed by atoms with Crippen LogP contribution >= 0.6 is 7.82 Å². The van der Waals surface area contributed by atoms with Gasteiger partial charge >= 0.3 is 7.82 Å². The summed E-state index contributed by atoms with van der Waals surface area (Å²) < 4.78 is 16.5. The molecule has 5 heteroatoms. The fourth-order valence-electron chi connectivity index (χ4n) is 2.44. The number of benzene rings is 3. The second-order valence-corrected chi connectivity index (χ2v) is 6.16. The van der Waals surface area contributed by atoms with Gasteiger partial charge in [-0.15, -0.1) is 0 Å². The molecular formula is C18H15O4P. The van der Waals surface area contributed by atoms with Crippen molar-refractivity contribution < 1.29 is 18.9 Å². The largest absolute Gasteiger partial charge is 0.524 e. The summed E-state index contributed by atoms with van der Waals surface area (Å²) in [6.07, 6.45) is 0. The second-order valence-electron chi connectivity index (χ2n) is 5.00. The van der Waals surface area contributed by atoms with Crippen molar-refractivity contribution in [2.24, 2.45) is 0 Å². The molecule has 0 aliphatic heterocycles. The molecule has 0 amide bonds. The Labute approximate surface area is 134 Å². The van der Waals surface area contributed by atoms with Gasteiger partial charge in [0.15, 0.2) is 0 Å². The summed E-state index contributed by atoms with van der Waals surface area (Å²) in [7, 11) is -4.68. The number of para-hydroxylation sites is 1. The van der Waals surface area contributed by atoms with Gasteiger partial charge in [-0.2, -0.15) is 0 Å². The Morgan fingerprint density at radius 1 is 0.652 bits per heavy atom. The van der Waals surface area contributed by atoms with Crippen LogP contribution in [0.5, 0.6) is 5.75 Å². The van der Waals surface area contributed by atoms with E-state index >= 15 is 0 Å². The third kappa shape index (κ3) is 3.69. The molecule has 3 rings (SSSR count). The lowest BCUT2D eigenvalue weighted by Crippen LogP contribution is -1.95. The molecule has 0 aliphatic carbocycles. The third-order valence-electron chi connectivity index (χ3n) is 3.39. The van der Waals surface area contributed by atoms with E-state index in [4.69, 9.17) is 4.52 Å². The van der Waals surface area contributed by atoms with Crippen LogP contribution in [0.15, 0.2) is 78.9 Å². The van der Waals surface area contributed by atoms with E-state index in [9.17, 15) is 14.4 Å². The monoisotopic (exact) mass is 326 g/mol. The highest BCUT2D eigenvalue weighted by Crippen LogP contribution is 2.47. The summed E-state index contributed by atoms with van der Waals surface area (Å²) in [4.78, 5) is 18.6. The first-order valence-corrected chi connectivity index (χ1v) is 8.56. The molecule has 3 aromatic rings. The highest BCUT2D eigenvalue weighted by Gasteiger charge is 2.22. The third-order valence-corrected chi connectivity index (χ3v) is 3.82. The molecule has 0 aliphatic rings. The van der Waals surface area contributed by atoms with Crippen LogP contribution in [0, 0.1) is 0 Å². The SMILES string of the molecule is O=P(O)(O)Oc1c(-c2ccccc2)cccc1-c1ccccc1. The average Bonchev–Trinajstić information content (AvgIpc) is 2.55. The molecular weight excluding hydrogens is 311 g/mol. The van der Waals surface area contributed by atoms with E-state index in [1.54, 1.807) is 12.1 Å². The summed E-state index contributed by atoms with van der Waals surface area (Å²) in [6, 6.07) is 24.1. The Balaban J connectivity index is 2.23. The molecule has 23 heavy (non-hydrogen) atoms. The molecule has 0 spiro atoms. The Bertz CT molecular complexity index is 784. The van der Waals surface area contributed by atoms with Crippen molar-refractivity contribution in [3.8, 4) is 28.0 Å². The lowest BCUT2D eigenvalue weighted by Gasteiger charge is -2.16. The number of phosphoric ester groups is 1. The van der Waals surface area contributed by atoms with Crippen LogP contribution in [0.4, 0.5) is 0 Å². The molecule has 0 heterocycles. The minimum atomic E-state index is -4.68. The Morgan fingerprint density at radius 2 is 1.09 bits per heavy atom.